The predicted molar refractivity (Wildman–Crippen MR) is 39.0 cm³/mol. The zero-order valence-corrected chi connectivity index (χ0v) is 6.39. The molecule has 0 atom stereocenters. The van der Waals surface area contributed by atoms with Crippen LogP contribution in [0, 0.1) is 0 Å². The molecule has 1 aliphatic heterocycles. The van der Waals surface area contributed by atoms with Gasteiger partial charge in [0.15, 0.2) is 0 Å². The highest BCUT2D eigenvalue weighted by molar-refractivity contribution is 5.84. The van der Waals surface area contributed by atoms with Crippen LogP contribution in [0.4, 0.5) is 4.79 Å². The van der Waals surface area contributed by atoms with Crippen molar-refractivity contribution in [3.05, 3.63) is 0 Å². The van der Waals surface area contributed by atoms with Crippen LogP contribution >= 0.6 is 0 Å². The van der Waals surface area contributed by atoms with Crippen LogP contribution in [0.3, 0.4) is 0 Å². The Hall–Kier alpha value is -1.26. The minimum Gasteiger partial charge on any atom is -0.358 e. The van der Waals surface area contributed by atoms with Gasteiger partial charge in [-0.25, -0.2) is 4.79 Å². The van der Waals surface area contributed by atoms with Gasteiger partial charge >= 0.3 is 6.03 Å². The topological polar surface area (TPSA) is 61.4 Å². The van der Waals surface area contributed by atoms with Crippen molar-refractivity contribution in [1.29, 1.82) is 0 Å². The maximum absolute atomic E-state index is 10.9. The van der Waals surface area contributed by atoms with Gasteiger partial charge in [0.2, 0.25) is 5.91 Å². The molecule has 0 aromatic rings. The summed E-state index contributed by atoms with van der Waals surface area (Å²) in [7, 11) is 1.55. The molecule has 1 saturated heterocycles. The average molecular weight is 157 g/mol. The van der Waals surface area contributed by atoms with E-state index in [1.54, 1.807) is 7.05 Å². The Kier molecular flexibility index (Phi) is 2.30. The highest BCUT2D eigenvalue weighted by Crippen LogP contribution is 1.94. The van der Waals surface area contributed by atoms with Crippen LogP contribution in [0.5, 0.6) is 0 Å². The molecule has 0 aromatic carbocycles. The molecule has 11 heavy (non-hydrogen) atoms. The van der Waals surface area contributed by atoms with Gasteiger partial charge in [0.25, 0.3) is 0 Å². The number of likely N-dealkylation sites (N-methyl/N-ethyl adjacent to an activating group) is 1. The van der Waals surface area contributed by atoms with Gasteiger partial charge in [0.1, 0.15) is 6.54 Å². The summed E-state index contributed by atoms with van der Waals surface area (Å²) in [5.41, 5.74) is 0. The molecule has 0 radical (unpaired) electrons. The molecular weight excluding hydrogens is 146 g/mol. The van der Waals surface area contributed by atoms with E-state index in [1.165, 1.54) is 4.90 Å². The van der Waals surface area contributed by atoms with E-state index in [2.05, 4.69) is 10.6 Å². The summed E-state index contributed by atoms with van der Waals surface area (Å²) in [6, 6.07) is -0.159. The second kappa shape index (κ2) is 3.23. The Morgan fingerprint density at radius 3 is 3.00 bits per heavy atom. The summed E-state index contributed by atoms with van der Waals surface area (Å²) in [6.45, 7) is 1.41. The third-order valence-electron chi connectivity index (χ3n) is 1.56. The van der Waals surface area contributed by atoms with Gasteiger partial charge in [-0.05, 0) is 0 Å². The number of amides is 3. The molecule has 1 rings (SSSR count). The van der Waals surface area contributed by atoms with Crippen LogP contribution in [0.25, 0.3) is 0 Å². The first-order valence-corrected chi connectivity index (χ1v) is 3.47. The maximum atomic E-state index is 10.9. The van der Waals surface area contributed by atoms with Crippen molar-refractivity contribution in [2.45, 2.75) is 0 Å². The summed E-state index contributed by atoms with van der Waals surface area (Å²) in [6.07, 6.45) is 0. The van der Waals surface area contributed by atoms with Crippen LogP contribution in [-0.4, -0.2) is 43.5 Å². The van der Waals surface area contributed by atoms with Gasteiger partial charge in [-0.2, -0.15) is 0 Å². The van der Waals surface area contributed by atoms with Crippen LogP contribution in [-0.2, 0) is 4.79 Å². The van der Waals surface area contributed by atoms with E-state index in [4.69, 9.17) is 0 Å². The second-order valence-corrected chi connectivity index (χ2v) is 2.33. The van der Waals surface area contributed by atoms with E-state index < -0.39 is 0 Å². The van der Waals surface area contributed by atoms with Gasteiger partial charge in [-0.1, -0.05) is 0 Å². The summed E-state index contributed by atoms with van der Waals surface area (Å²) < 4.78 is 0. The van der Waals surface area contributed by atoms with E-state index in [-0.39, 0.29) is 18.5 Å². The molecule has 0 aliphatic carbocycles. The second-order valence-electron chi connectivity index (χ2n) is 2.33. The molecule has 5 heteroatoms. The summed E-state index contributed by atoms with van der Waals surface area (Å²) >= 11 is 0. The van der Waals surface area contributed by atoms with Gasteiger partial charge in [-0.3, -0.25) is 4.79 Å². The van der Waals surface area contributed by atoms with Crippen molar-refractivity contribution in [3.8, 4) is 0 Å². The number of hydrogen-bond acceptors (Lipinski definition) is 2. The van der Waals surface area contributed by atoms with Crippen LogP contribution in [0.2, 0.25) is 0 Å². The SMILES string of the molecule is CNC(=O)CN1CCNC1=O. The smallest absolute Gasteiger partial charge is 0.317 e. The largest absolute Gasteiger partial charge is 0.358 e. The molecule has 3 amide bonds. The molecular formula is C6H11N3O2. The number of nitrogens with one attached hydrogen (secondary N) is 2. The highest BCUT2D eigenvalue weighted by atomic mass is 16.2. The standard InChI is InChI=1S/C6H11N3O2/c1-7-5(10)4-9-3-2-8-6(9)11/h2-4H2,1H3,(H,7,10)(H,8,11). The predicted octanol–water partition coefficient (Wildman–Crippen LogP) is -1.24. The van der Waals surface area contributed by atoms with Crippen molar-refractivity contribution >= 4 is 11.9 Å². The minimum absolute atomic E-state index is 0.137. The van der Waals surface area contributed by atoms with Crippen molar-refractivity contribution < 1.29 is 9.59 Å². The fraction of sp³-hybridized carbons (Fsp3) is 0.667. The fourth-order valence-corrected chi connectivity index (χ4v) is 0.914. The maximum Gasteiger partial charge on any atom is 0.317 e. The van der Waals surface area contributed by atoms with E-state index in [0.717, 1.165) is 0 Å². The molecule has 0 unspecified atom stereocenters. The molecule has 2 N–H and O–H groups in total. The van der Waals surface area contributed by atoms with Crippen molar-refractivity contribution in [3.63, 3.8) is 0 Å². The minimum atomic E-state index is -0.159. The first kappa shape index (κ1) is 7.84. The molecule has 1 aliphatic rings. The fourth-order valence-electron chi connectivity index (χ4n) is 0.914. The number of urea groups is 1. The number of nitrogens with zero attached hydrogens (tertiary/aromatic N) is 1. The van der Waals surface area contributed by atoms with Crippen LogP contribution < -0.4 is 10.6 Å². The Balaban J connectivity index is 2.36. The zero-order valence-electron chi connectivity index (χ0n) is 6.39. The Bertz CT molecular complexity index is 181. The van der Waals surface area contributed by atoms with Gasteiger partial charge in [-0.15, -0.1) is 0 Å². The molecule has 0 bridgehead atoms. The molecule has 0 saturated carbocycles. The summed E-state index contributed by atoms with van der Waals surface area (Å²) in [4.78, 5) is 23.1. The summed E-state index contributed by atoms with van der Waals surface area (Å²) in [5, 5.41) is 5.06. The lowest BCUT2D eigenvalue weighted by Crippen LogP contribution is -2.37. The Labute approximate surface area is 64.7 Å². The average Bonchev–Trinajstić information content (AvgIpc) is 2.37. The lowest BCUT2D eigenvalue weighted by Gasteiger charge is -2.11. The monoisotopic (exact) mass is 157 g/mol. The lowest BCUT2D eigenvalue weighted by atomic mass is 10.5. The van der Waals surface area contributed by atoms with Gasteiger partial charge in [0.05, 0.1) is 0 Å². The molecule has 0 aromatic heterocycles. The third-order valence-corrected chi connectivity index (χ3v) is 1.56. The third kappa shape index (κ3) is 1.83. The quantitative estimate of drug-likeness (QED) is 0.526. The summed E-state index contributed by atoms with van der Waals surface area (Å²) in [5.74, 6) is -0.137. The molecule has 62 valence electrons. The lowest BCUT2D eigenvalue weighted by molar-refractivity contribution is -0.121. The van der Waals surface area contributed by atoms with Crippen LogP contribution in [0.1, 0.15) is 0 Å². The molecule has 5 nitrogen and oxygen atoms in total. The first-order valence-electron chi connectivity index (χ1n) is 3.47. The zero-order chi connectivity index (χ0) is 8.27. The van der Waals surface area contributed by atoms with Gasteiger partial charge in [0, 0.05) is 20.1 Å². The molecule has 0 spiro atoms. The van der Waals surface area contributed by atoms with E-state index in [1.807, 2.05) is 0 Å². The molecule has 1 heterocycles. The number of carbonyl (C=O) groups is 2. The first-order chi connectivity index (χ1) is 5.24. The van der Waals surface area contributed by atoms with Crippen molar-refractivity contribution in [1.82, 2.24) is 15.5 Å². The van der Waals surface area contributed by atoms with Crippen LogP contribution in [0.15, 0.2) is 0 Å². The highest BCUT2D eigenvalue weighted by Gasteiger charge is 2.20. The van der Waals surface area contributed by atoms with Crippen molar-refractivity contribution in [2.24, 2.45) is 0 Å². The number of rotatable bonds is 2. The number of carbonyl (C=O) groups excluding carboxylic acids is 2. The Morgan fingerprint density at radius 1 is 1.82 bits per heavy atom. The normalized spacial score (nSPS) is 16.5. The number of hydrogen-bond donors (Lipinski definition) is 2. The van der Waals surface area contributed by atoms with E-state index in [9.17, 15) is 9.59 Å². The van der Waals surface area contributed by atoms with Crippen molar-refractivity contribution in [2.75, 3.05) is 26.7 Å². The molecule has 1 fully saturated rings. The van der Waals surface area contributed by atoms with E-state index >= 15 is 0 Å². The van der Waals surface area contributed by atoms with Gasteiger partial charge < -0.3 is 15.5 Å². The van der Waals surface area contributed by atoms with E-state index in [0.29, 0.717) is 13.1 Å². The Morgan fingerprint density at radius 2 is 2.55 bits per heavy atom.